The molecule has 1 amide bonds. The highest BCUT2D eigenvalue weighted by Gasteiger charge is 2.32. The first-order chi connectivity index (χ1) is 15.3. The molecule has 1 saturated carbocycles. The lowest BCUT2D eigenvalue weighted by molar-refractivity contribution is -0.128. The molecule has 7 nitrogen and oxygen atoms in total. The number of benzene rings is 1. The number of carbonyl (C=O) groups excluding carboxylic acids is 1. The Morgan fingerprint density at radius 3 is 2.74 bits per heavy atom. The van der Waals surface area contributed by atoms with Gasteiger partial charge in [-0.1, -0.05) is 31.4 Å². The van der Waals surface area contributed by atoms with Crippen molar-refractivity contribution in [2.24, 2.45) is 0 Å². The summed E-state index contributed by atoms with van der Waals surface area (Å²) >= 11 is 0. The second kappa shape index (κ2) is 8.79. The van der Waals surface area contributed by atoms with Crippen molar-refractivity contribution in [3.63, 3.8) is 0 Å². The smallest absolute Gasteiger partial charge is 0.263 e. The van der Waals surface area contributed by atoms with Crippen LogP contribution in [0.4, 0.5) is 5.69 Å². The third kappa shape index (κ3) is 4.40. The van der Waals surface area contributed by atoms with Crippen molar-refractivity contribution in [1.29, 1.82) is 0 Å². The van der Waals surface area contributed by atoms with Crippen LogP contribution in [-0.4, -0.2) is 39.4 Å². The van der Waals surface area contributed by atoms with Crippen LogP contribution >= 0.6 is 0 Å². The second-order valence-electron chi connectivity index (χ2n) is 8.26. The van der Waals surface area contributed by atoms with Gasteiger partial charge in [-0.25, -0.2) is 4.68 Å². The number of para-hydroxylation sites is 2. The molecular formula is C24H27N5O2. The van der Waals surface area contributed by atoms with Gasteiger partial charge in [0, 0.05) is 18.4 Å². The number of rotatable bonds is 5. The van der Waals surface area contributed by atoms with E-state index in [1.165, 1.54) is 19.3 Å². The van der Waals surface area contributed by atoms with Crippen LogP contribution in [0.25, 0.3) is 5.69 Å². The number of amides is 1. The van der Waals surface area contributed by atoms with Gasteiger partial charge >= 0.3 is 0 Å². The van der Waals surface area contributed by atoms with E-state index in [1.54, 1.807) is 10.9 Å². The molecule has 1 fully saturated rings. The Labute approximate surface area is 182 Å². The van der Waals surface area contributed by atoms with E-state index in [-0.39, 0.29) is 11.9 Å². The first-order valence-electron chi connectivity index (χ1n) is 11.0. The van der Waals surface area contributed by atoms with E-state index < -0.39 is 6.10 Å². The zero-order valence-corrected chi connectivity index (χ0v) is 17.5. The quantitative estimate of drug-likeness (QED) is 0.688. The van der Waals surface area contributed by atoms with Crippen LogP contribution < -0.4 is 15.0 Å². The molecule has 1 aromatic carbocycles. The Morgan fingerprint density at radius 2 is 1.97 bits per heavy atom. The van der Waals surface area contributed by atoms with Crippen molar-refractivity contribution in [2.45, 2.75) is 50.8 Å². The minimum Gasteiger partial charge on any atom is -0.477 e. The molecule has 0 bridgehead atoms. The zero-order valence-electron chi connectivity index (χ0n) is 17.5. The summed E-state index contributed by atoms with van der Waals surface area (Å²) in [6.07, 6.45) is 10.7. The maximum absolute atomic E-state index is 13.0. The highest BCUT2D eigenvalue weighted by atomic mass is 16.5. The number of nitrogens with one attached hydrogen (secondary N) is 1. The fourth-order valence-electron chi connectivity index (χ4n) is 4.40. The number of ether oxygens (including phenoxy) is 1. The number of aromatic nitrogens is 3. The van der Waals surface area contributed by atoms with Gasteiger partial charge in [0.2, 0.25) is 0 Å². The lowest BCUT2D eigenvalue weighted by atomic mass is 9.95. The highest BCUT2D eigenvalue weighted by molar-refractivity contribution is 5.83. The summed E-state index contributed by atoms with van der Waals surface area (Å²) < 4.78 is 7.87. The van der Waals surface area contributed by atoms with Crippen molar-refractivity contribution in [1.82, 2.24) is 20.1 Å². The van der Waals surface area contributed by atoms with Gasteiger partial charge in [0.25, 0.3) is 5.91 Å². The summed E-state index contributed by atoms with van der Waals surface area (Å²) in [5.74, 6) is 0.721. The molecule has 31 heavy (non-hydrogen) atoms. The van der Waals surface area contributed by atoms with Crippen molar-refractivity contribution in [3.05, 3.63) is 66.7 Å². The van der Waals surface area contributed by atoms with E-state index in [0.29, 0.717) is 13.1 Å². The number of hydrogen-bond donors (Lipinski definition) is 1. The molecular weight excluding hydrogens is 390 g/mol. The molecule has 3 aromatic rings. The van der Waals surface area contributed by atoms with Crippen LogP contribution in [0.5, 0.6) is 5.75 Å². The topological polar surface area (TPSA) is 72.3 Å². The summed E-state index contributed by atoms with van der Waals surface area (Å²) in [5, 5.41) is 7.45. The highest BCUT2D eigenvalue weighted by Crippen LogP contribution is 2.34. The molecule has 2 aliphatic rings. The Morgan fingerprint density at radius 1 is 1.10 bits per heavy atom. The van der Waals surface area contributed by atoms with Crippen LogP contribution in [0.3, 0.4) is 0 Å². The van der Waals surface area contributed by atoms with Gasteiger partial charge in [-0.3, -0.25) is 9.78 Å². The summed E-state index contributed by atoms with van der Waals surface area (Å²) in [4.78, 5) is 19.8. The maximum atomic E-state index is 13.0. The molecule has 0 saturated heterocycles. The SMILES string of the molecule is O=C(NC1CCCCC1)C1CN(Cc2ccc(-n3cccn3)cn2)c2ccccc2O1. The number of anilines is 1. The molecule has 1 aliphatic carbocycles. The van der Waals surface area contributed by atoms with Crippen LogP contribution in [0, 0.1) is 0 Å². The van der Waals surface area contributed by atoms with Gasteiger partial charge in [-0.05, 0) is 43.2 Å². The van der Waals surface area contributed by atoms with Gasteiger partial charge < -0.3 is 15.0 Å². The molecule has 5 rings (SSSR count). The Hall–Kier alpha value is -3.35. The van der Waals surface area contributed by atoms with E-state index in [4.69, 9.17) is 4.74 Å². The number of nitrogens with zero attached hydrogens (tertiary/aromatic N) is 4. The first-order valence-corrected chi connectivity index (χ1v) is 11.0. The van der Waals surface area contributed by atoms with Crippen LogP contribution in [0.1, 0.15) is 37.8 Å². The van der Waals surface area contributed by atoms with Crippen LogP contribution in [-0.2, 0) is 11.3 Å². The first kappa shape index (κ1) is 19.6. The van der Waals surface area contributed by atoms with Gasteiger partial charge in [0.15, 0.2) is 6.10 Å². The van der Waals surface area contributed by atoms with E-state index in [2.05, 4.69) is 20.3 Å². The largest absolute Gasteiger partial charge is 0.477 e. The minimum atomic E-state index is -0.528. The Balaban J connectivity index is 1.31. The molecule has 1 unspecified atom stereocenters. The predicted molar refractivity (Wildman–Crippen MR) is 118 cm³/mol. The van der Waals surface area contributed by atoms with Crippen molar-refractivity contribution in [2.75, 3.05) is 11.4 Å². The maximum Gasteiger partial charge on any atom is 0.263 e. The van der Waals surface area contributed by atoms with Crippen molar-refractivity contribution >= 4 is 11.6 Å². The molecule has 1 atom stereocenters. The van der Waals surface area contributed by atoms with E-state index >= 15 is 0 Å². The fourth-order valence-corrected chi connectivity index (χ4v) is 4.40. The number of hydrogen-bond acceptors (Lipinski definition) is 5. The fraction of sp³-hybridized carbons (Fsp3) is 0.375. The number of carbonyl (C=O) groups is 1. The lowest BCUT2D eigenvalue weighted by Crippen LogP contribution is -2.51. The average Bonchev–Trinajstić information content (AvgIpc) is 3.35. The van der Waals surface area contributed by atoms with Gasteiger partial charge in [-0.2, -0.15) is 5.10 Å². The normalized spacial score (nSPS) is 18.8. The second-order valence-corrected chi connectivity index (χ2v) is 8.26. The summed E-state index contributed by atoms with van der Waals surface area (Å²) in [5.41, 5.74) is 2.84. The Kier molecular flexibility index (Phi) is 5.56. The van der Waals surface area contributed by atoms with E-state index in [1.807, 2.05) is 54.9 Å². The van der Waals surface area contributed by atoms with Crippen LogP contribution in [0.2, 0.25) is 0 Å². The minimum absolute atomic E-state index is 0.0200. The van der Waals surface area contributed by atoms with Gasteiger partial charge in [0.1, 0.15) is 5.75 Å². The zero-order chi connectivity index (χ0) is 21.0. The monoisotopic (exact) mass is 417 g/mol. The number of pyridine rings is 1. The van der Waals surface area contributed by atoms with Crippen molar-refractivity contribution < 1.29 is 9.53 Å². The molecule has 3 heterocycles. The summed E-state index contributed by atoms with van der Waals surface area (Å²) in [6.45, 7) is 1.10. The summed E-state index contributed by atoms with van der Waals surface area (Å²) in [7, 11) is 0. The number of fused-ring (bicyclic) bond motifs is 1. The molecule has 0 radical (unpaired) electrons. The summed E-state index contributed by atoms with van der Waals surface area (Å²) in [6, 6.07) is 14.1. The Bertz CT molecular complexity index is 1010. The standard InChI is InChI=1S/C24H27N5O2/c30-24(27-18-7-2-1-3-8-18)23-17-28(21-9-4-5-10-22(21)31-23)16-19-11-12-20(15-25-19)29-14-6-13-26-29/h4-6,9-15,18,23H,1-3,7-8,16-17H2,(H,27,30). The predicted octanol–water partition coefficient (Wildman–Crippen LogP) is 3.48. The van der Waals surface area contributed by atoms with Gasteiger partial charge in [-0.15, -0.1) is 0 Å². The molecule has 160 valence electrons. The molecule has 1 aliphatic heterocycles. The molecule has 7 heteroatoms. The van der Waals surface area contributed by atoms with Gasteiger partial charge in [0.05, 0.1) is 36.4 Å². The molecule has 2 aromatic heterocycles. The molecule has 0 spiro atoms. The van der Waals surface area contributed by atoms with Crippen molar-refractivity contribution in [3.8, 4) is 11.4 Å². The third-order valence-corrected chi connectivity index (χ3v) is 6.04. The van der Waals surface area contributed by atoms with E-state index in [9.17, 15) is 4.79 Å². The third-order valence-electron chi connectivity index (χ3n) is 6.04. The average molecular weight is 418 g/mol. The van der Waals surface area contributed by atoms with E-state index in [0.717, 1.165) is 35.7 Å². The lowest BCUT2D eigenvalue weighted by Gasteiger charge is -2.36. The van der Waals surface area contributed by atoms with Crippen LogP contribution in [0.15, 0.2) is 61.1 Å². The molecule has 1 N–H and O–H groups in total.